The fourth-order valence-electron chi connectivity index (χ4n) is 2.69. The van der Waals surface area contributed by atoms with Gasteiger partial charge in [0.2, 0.25) is 0 Å². The SMILES string of the molecule is N#CC(=NOC(=O)N1CCCCC1)c1cccc(Oc2ccccc2)c1. The van der Waals surface area contributed by atoms with E-state index < -0.39 is 6.09 Å². The largest absolute Gasteiger partial charge is 0.457 e. The summed E-state index contributed by atoms with van der Waals surface area (Å²) in [5.74, 6) is 1.26. The number of hydrogen-bond acceptors (Lipinski definition) is 5. The average Bonchev–Trinajstić information content (AvgIpc) is 2.70. The lowest BCUT2D eigenvalue weighted by atomic mass is 10.1. The van der Waals surface area contributed by atoms with Crippen molar-refractivity contribution in [2.45, 2.75) is 19.3 Å². The topological polar surface area (TPSA) is 74.9 Å². The van der Waals surface area contributed by atoms with Crippen LogP contribution in [0, 0.1) is 11.3 Å². The minimum Gasteiger partial charge on any atom is -0.457 e. The van der Waals surface area contributed by atoms with E-state index in [0.29, 0.717) is 30.2 Å². The number of nitrogens with zero attached hydrogens (tertiary/aromatic N) is 3. The summed E-state index contributed by atoms with van der Waals surface area (Å²) < 4.78 is 5.75. The molecule has 0 unspecified atom stereocenters. The molecule has 1 saturated heterocycles. The lowest BCUT2D eigenvalue weighted by Crippen LogP contribution is -2.35. The summed E-state index contributed by atoms with van der Waals surface area (Å²) in [5, 5.41) is 13.1. The van der Waals surface area contributed by atoms with Gasteiger partial charge < -0.3 is 9.64 Å². The van der Waals surface area contributed by atoms with Crippen molar-refractivity contribution in [2.24, 2.45) is 5.16 Å². The van der Waals surface area contributed by atoms with Gasteiger partial charge in [-0.2, -0.15) is 5.26 Å². The van der Waals surface area contributed by atoms with Gasteiger partial charge in [-0.15, -0.1) is 0 Å². The highest BCUT2D eigenvalue weighted by atomic mass is 16.7. The van der Waals surface area contributed by atoms with Gasteiger partial charge in [-0.25, -0.2) is 4.79 Å². The molecule has 1 heterocycles. The van der Waals surface area contributed by atoms with E-state index in [2.05, 4.69) is 5.16 Å². The number of oxime groups is 1. The van der Waals surface area contributed by atoms with Gasteiger partial charge in [0.05, 0.1) is 0 Å². The van der Waals surface area contributed by atoms with Crippen LogP contribution in [0.15, 0.2) is 59.8 Å². The Morgan fingerprint density at radius 1 is 1.00 bits per heavy atom. The van der Waals surface area contributed by atoms with Crippen molar-refractivity contribution in [3.8, 4) is 17.6 Å². The number of piperidine rings is 1. The van der Waals surface area contributed by atoms with Gasteiger partial charge in [0.1, 0.15) is 17.6 Å². The Morgan fingerprint density at radius 2 is 1.73 bits per heavy atom. The second-order valence-electron chi connectivity index (χ2n) is 5.90. The van der Waals surface area contributed by atoms with Crippen LogP contribution in [0.25, 0.3) is 0 Å². The zero-order valence-electron chi connectivity index (χ0n) is 14.3. The van der Waals surface area contributed by atoms with Gasteiger partial charge in [-0.1, -0.05) is 35.5 Å². The Morgan fingerprint density at radius 3 is 2.46 bits per heavy atom. The molecule has 1 fully saturated rings. The van der Waals surface area contributed by atoms with Crippen molar-refractivity contribution in [3.05, 3.63) is 60.2 Å². The smallest absolute Gasteiger partial charge is 0.436 e. The first-order chi connectivity index (χ1) is 12.8. The third kappa shape index (κ3) is 4.61. The molecule has 0 N–H and O–H groups in total. The molecule has 0 aliphatic carbocycles. The van der Waals surface area contributed by atoms with E-state index >= 15 is 0 Å². The van der Waals surface area contributed by atoms with E-state index in [4.69, 9.17) is 9.57 Å². The highest BCUT2D eigenvalue weighted by molar-refractivity contribution is 6.11. The van der Waals surface area contributed by atoms with E-state index in [9.17, 15) is 10.1 Å². The number of likely N-dealkylation sites (tertiary alicyclic amines) is 1. The van der Waals surface area contributed by atoms with Crippen LogP contribution in [-0.4, -0.2) is 29.8 Å². The van der Waals surface area contributed by atoms with Gasteiger partial charge >= 0.3 is 6.09 Å². The van der Waals surface area contributed by atoms with Crippen molar-refractivity contribution in [2.75, 3.05) is 13.1 Å². The van der Waals surface area contributed by atoms with Crippen LogP contribution in [-0.2, 0) is 4.84 Å². The number of rotatable bonds is 4. The molecule has 0 atom stereocenters. The molecular weight excluding hydrogens is 330 g/mol. The number of carbonyl (C=O) groups excluding carboxylic acids is 1. The number of ether oxygens (including phenoxy) is 1. The molecule has 6 nitrogen and oxygen atoms in total. The van der Waals surface area contributed by atoms with E-state index in [1.54, 1.807) is 29.2 Å². The van der Waals surface area contributed by atoms with E-state index in [1.807, 2.05) is 36.4 Å². The van der Waals surface area contributed by atoms with Gasteiger partial charge in [0.25, 0.3) is 0 Å². The van der Waals surface area contributed by atoms with Crippen LogP contribution in [0.4, 0.5) is 4.79 Å². The molecule has 0 radical (unpaired) electrons. The monoisotopic (exact) mass is 349 g/mol. The average molecular weight is 349 g/mol. The Hall–Kier alpha value is -3.33. The molecule has 0 aromatic heterocycles. The summed E-state index contributed by atoms with van der Waals surface area (Å²) in [7, 11) is 0. The molecule has 0 bridgehead atoms. The fourth-order valence-corrected chi connectivity index (χ4v) is 2.69. The van der Waals surface area contributed by atoms with Gasteiger partial charge in [-0.05, 0) is 43.5 Å². The van der Waals surface area contributed by atoms with Crippen molar-refractivity contribution in [3.63, 3.8) is 0 Å². The first-order valence-corrected chi connectivity index (χ1v) is 8.53. The molecule has 3 rings (SSSR count). The van der Waals surface area contributed by atoms with Crippen molar-refractivity contribution in [1.82, 2.24) is 4.90 Å². The number of hydrogen-bond donors (Lipinski definition) is 0. The normalized spacial score (nSPS) is 14.4. The molecular formula is C20H19N3O3. The molecule has 0 saturated carbocycles. The summed E-state index contributed by atoms with van der Waals surface area (Å²) in [4.78, 5) is 18.6. The number of carbonyl (C=O) groups is 1. The molecule has 1 amide bonds. The number of benzene rings is 2. The molecule has 26 heavy (non-hydrogen) atoms. The molecule has 0 spiro atoms. The van der Waals surface area contributed by atoms with Crippen molar-refractivity contribution >= 4 is 11.8 Å². The highest BCUT2D eigenvalue weighted by Crippen LogP contribution is 2.22. The number of para-hydroxylation sites is 1. The van der Waals surface area contributed by atoms with Crippen LogP contribution in [0.3, 0.4) is 0 Å². The van der Waals surface area contributed by atoms with Crippen LogP contribution in [0.2, 0.25) is 0 Å². The number of nitriles is 1. The number of amides is 1. The zero-order valence-corrected chi connectivity index (χ0v) is 14.3. The van der Waals surface area contributed by atoms with Crippen LogP contribution < -0.4 is 4.74 Å². The summed E-state index contributed by atoms with van der Waals surface area (Å²) in [5.41, 5.74) is 0.543. The van der Waals surface area contributed by atoms with Gasteiger partial charge in [-0.3, -0.25) is 4.84 Å². The third-order valence-corrected chi connectivity index (χ3v) is 4.02. The molecule has 1 aliphatic heterocycles. The van der Waals surface area contributed by atoms with Crippen LogP contribution in [0.1, 0.15) is 24.8 Å². The van der Waals surface area contributed by atoms with Crippen molar-refractivity contribution < 1.29 is 14.4 Å². The Kier molecular flexibility index (Phi) is 5.84. The highest BCUT2D eigenvalue weighted by Gasteiger charge is 2.18. The lowest BCUT2D eigenvalue weighted by Gasteiger charge is -2.24. The summed E-state index contributed by atoms with van der Waals surface area (Å²) in [6.45, 7) is 1.33. The molecule has 6 heteroatoms. The van der Waals surface area contributed by atoms with Gasteiger partial charge in [0.15, 0.2) is 5.71 Å². The quantitative estimate of drug-likeness (QED) is 0.468. The minimum atomic E-state index is -0.519. The first kappa shape index (κ1) is 17.5. The zero-order chi connectivity index (χ0) is 18.2. The summed E-state index contributed by atoms with van der Waals surface area (Å²) in [6.07, 6.45) is 2.52. The maximum absolute atomic E-state index is 12.0. The van der Waals surface area contributed by atoms with Crippen LogP contribution >= 0.6 is 0 Å². The fraction of sp³-hybridized carbons (Fsp3) is 0.250. The maximum atomic E-state index is 12.0. The van der Waals surface area contributed by atoms with Gasteiger partial charge in [0, 0.05) is 18.7 Å². The summed E-state index contributed by atoms with van der Waals surface area (Å²) >= 11 is 0. The van der Waals surface area contributed by atoms with E-state index in [0.717, 1.165) is 19.3 Å². The van der Waals surface area contributed by atoms with E-state index in [-0.39, 0.29) is 5.71 Å². The standard InChI is InChI=1S/C20H19N3O3/c21-15-19(22-26-20(24)23-12-5-2-6-13-23)16-8-7-11-18(14-16)25-17-9-3-1-4-10-17/h1,3-4,7-11,14H,2,5-6,12-13H2. The Bertz CT molecular complexity index is 822. The third-order valence-electron chi connectivity index (χ3n) is 4.02. The first-order valence-electron chi connectivity index (χ1n) is 8.53. The molecule has 132 valence electrons. The molecule has 2 aromatic rings. The molecule has 1 aliphatic rings. The Labute approximate surface area is 152 Å². The lowest BCUT2D eigenvalue weighted by molar-refractivity contribution is 0.0984. The van der Waals surface area contributed by atoms with Crippen molar-refractivity contribution in [1.29, 1.82) is 5.26 Å². The summed E-state index contributed by atoms with van der Waals surface area (Å²) in [6, 6.07) is 18.2. The second kappa shape index (κ2) is 8.67. The minimum absolute atomic E-state index is 0.0221. The second-order valence-corrected chi connectivity index (χ2v) is 5.90. The maximum Gasteiger partial charge on any atom is 0.436 e. The van der Waals surface area contributed by atoms with E-state index in [1.165, 1.54) is 0 Å². The Balaban J connectivity index is 1.70. The molecule has 2 aromatic carbocycles. The van der Waals surface area contributed by atoms with Crippen LogP contribution in [0.5, 0.6) is 11.5 Å². The predicted molar refractivity (Wildman–Crippen MR) is 97.0 cm³/mol. The predicted octanol–water partition coefficient (Wildman–Crippen LogP) is 4.33.